The molecular formula is C29H24F2N4O2. The van der Waals surface area contributed by atoms with Crippen LogP contribution in [0.5, 0.6) is 0 Å². The SMILES string of the molecule is Cc1cc2nc3ccccc3c(NNc3cccc(COC(=O)Nc4cc(F)cc(F)c4)c3)c2cc1C. The van der Waals surface area contributed by atoms with Crippen molar-refractivity contribution in [3.63, 3.8) is 0 Å². The van der Waals surface area contributed by atoms with Crippen LogP contribution in [0, 0.1) is 25.5 Å². The molecule has 8 heteroatoms. The number of aromatic nitrogens is 1. The Morgan fingerprint density at radius 3 is 2.35 bits per heavy atom. The van der Waals surface area contributed by atoms with E-state index in [9.17, 15) is 13.6 Å². The predicted molar refractivity (Wildman–Crippen MR) is 143 cm³/mol. The monoisotopic (exact) mass is 498 g/mol. The van der Waals surface area contributed by atoms with Gasteiger partial charge in [-0.1, -0.05) is 30.3 Å². The molecule has 0 fully saturated rings. The van der Waals surface area contributed by atoms with Crippen LogP contribution in [0.2, 0.25) is 0 Å². The van der Waals surface area contributed by atoms with E-state index < -0.39 is 17.7 Å². The molecule has 0 atom stereocenters. The Morgan fingerprint density at radius 1 is 0.784 bits per heavy atom. The molecule has 37 heavy (non-hydrogen) atoms. The Kier molecular flexibility index (Phi) is 6.55. The topological polar surface area (TPSA) is 75.3 Å². The van der Waals surface area contributed by atoms with E-state index >= 15 is 0 Å². The third-order valence-corrected chi connectivity index (χ3v) is 6.03. The van der Waals surface area contributed by atoms with Gasteiger partial charge in [-0.05, 0) is 73.0 Å². The molecule has 1 aromatic heterocycles. The number of nitrogens with one attached hydrogen (secondary N) is 3. The van der Waals surface area contributed by atoms with Gasteiger partial charge in [-0.15, -0.1) is 0 Å². The van der Waals surface area contributed by atoms with Gasteiger partial charge in [-0.2, -0.15) is 0 Å². The highest BCUT2D eigenvalue weighted by Crippen LogP contribution is 2.32. The number of nitrogens with zero attached hydrogens (tertiary/aromatic N) is 1. The molecule has 1 amide bonds. The molecule has 0 aliphatic carbocycles. The summed E-state index contributed by atoms with van der Waals surface area (Å²) in [5.41, 5.74) is 13.1. The molecule has 0 unspecified atom stereocenters. The first-order valence-corrected chi connectivity index (χ1v) is 11.7. The summed E-state index contributed by atoms with van der Waals surface area (Å²) in [4.78, 5) is 16.9. The van der Waals surface area contributed by atoms with Crippen molar-refractivity contribution in [3.8, 4) is 0 Å². The number of rotatable bonds is 6. The van der Waals surface area contributed by atoms with Crippen molar-refractivity contribution < 1.29 is 18.3 Å². The second kappa shape index (κ2) is 10.1. The van der Waals surface area contributed by atoms with E-state index in [1.807, 2.05) is 48.5 Å². The van der Waals surface area contributed by atoms with Gasteiger partial charge < -0.3 is 10.2 Å². The summed E-state index contributed by atoms with van der Waals surface area (Å²) in [6.07, 6.45) is -0.818. The van der Waals surface area contributed by atoms with Crippen LogP contribution in [0.15, 0.2) is 78.9 Å². The van der Waals surface area contributed by atoms with Gasteiger partial charge in [0.1, 0.15) is 18.2 Å². The van der Waals surface area contributed by atoms with Crippen LogP contribution in [0.1, 0.15) is 16.7 Å². The normalized spacial score (nSPS) is 10.9. The Labute approximate surface area is 212 Å². The van der Waals surface area contributed by atoms with Crippen molar-refractivity contribution in [3.05, 3.63) is 107 Å². The number of aryl methyl sites for hydroxylation is 2. The molecule has 0 aliphatic heterocycles. The van der Waals surface area contributed by atoms with Crippen LogP contribution in [0.25, 0.3) is 21.8 Å². The number of ether oxygens (including phenoxy) is 1. The molecule has 4 aromatic carbocycles. The molecule has 186 valence electrons. The predicted octanol–water partition coefficient (Wildman–Crippen LogP) is 7.47. The van der Waals surface area contributed by atoms with Crippen LogP contribution in [0.4, 0.5) is 30.6 Å². The second-order valence-electron chi connectivity index (χ2n) is 8.77. The number of benzene rings is 4. The number of carbonyl (C=O) groups excluding carboxylic acids is 1. The molecule has 6 nitrogen and oxygen atoms in total. The molecule has 5 aromatic rings. The standard InChI is InChI=1S/C29H24F2N4O2/c1-17-10-25-27(11-18(17)2)33-26-9-4-3-8-24(26)28(25)35-34-22-7-5-6-19(12-22)16-37-29(36)32-23-14-20(30)13-21(31)15-23/h3-15,34H,16H2,1-2H3,(H,32,36)(H,33,35). The average molecular weight is 499 g/mol. The third-order valence-electron chi connectivity index (χ3n) is 6.03. The number of para-hydroxylation sites is 1. The molecule has 1 heterocycles. The summed E-state index contributed by atoms with van der Waals surface area (Å²) < 4.78 is 31.9. The lowest BCUT2D eigenvalue weighted by Gasteiger charge is -2.16. The van der Waals surface area contributed by atoms with Gasteiger partial charge in [0.05, 0.1) is 22.4 Å². The number of halogens is 2. The van der Waals surface area contributed by atoms with E-state index in [2.05, 4.69) is 42.1 Å². The van der Waals surface area contributed by atoms with Gasteiger partial charge in [0.15, 0.2) is 0 Å². The van der Waals surface area contributed by atoms with Crippen LogP contribution >= 0.6 is 0 Å². The fourth-order valence-corrected chi connectivity index (χ4v) is 4.09. The van der Waals surface area contributed by atoms with E-state index in [4.69, 9.17) is 9.72 Å². The minimum absolute atomic E-state index is 0.0237. The van der Waals surface area contributed by atoms with E-state index in [-0.39, 0.29) is 12.3 Å². The lowest BCUT2D eigenvalue weighted by atomic mass is 10.0. The van der Waals surface area contributed by atoms with Crippen molar-refractivity contribution in [2.75, 3.05) is 16.2 Å². The smallest absolute Gasteiger partial charge is 0.411 e. The van der Waals surface area contributed by atoms with E-state index in [1.165, 1.54) is 11.1 Å². The lowest BCUT2D eigenvalue weighted by molar-refractivity contribution is 0.155. The zero-order valence-electron chi connectivity index (χ0n) is 20.2. The van der Waals surface area contributed by atoms with E-state index in [0.29, 0.717) is 0 Å². The molecule has 0 saturated carbocycles. The van der Waals surface area contributed by atoms with Crippen molar-refractivity contribution in [1.82, 2.24) is 4.98 Å². The molecule has 0 radical (unpaired) electrons. The largest absolute Gasteiger partial charge is 0.444 e. The minimum Gasteiger partial charge on any atom is -0.444 e. The molecule has 0 saturated heterocycles. The summed E-state index contributed by atoms with van der Waals surface area (Å²) in [5, 5.41) is 4.30. The molecule has 0 spiro atoms. The van der Waals surface area contributed by atoms with Gasteiger partial charge in [0.25, 0.3) is 0 Å². The number of hydrogen-bond donors (Lipinski definition) is 3. The summed E-state index contributed by atoms with van der Waals surface area (Å²) in [5.74, 6) is -1.58. The summed E-state index contributed by atoms with van der Waals surface area (Å²) in [7, 11) is 0. The fraction of sp³-hybridized carbons (Fsp3) is 0.103. The summed E-state index contributed by atoms with van der Waals surface area (Å²) in [6.45, 7) is 4.12. The van der Waals surface area contributed by atoms with Crippen LogP contribution in [0.3, 0.4) is 0 Å². The average Bonchev–Trinajstić information content (AvgIpc) is 2.86. The van der Waals surface area contributed by atoms with Crippen molar-refractivity contribution in [2.24, 2.45) is 0 Å². The summed E-state index contributed by atoms with van der Waals surface area (Å²) >= 11 is 0. The second-order valence-corrected chi connectivity index (χ2v) is 8.77. The summed E-state index contributed by atoms with van der Waals surface area (Å²) in [6, 6.07) is 22.3. The van der Waals surface area contributed by atoms with Crippen LogP contribution < -0.4 is 16.2 Å². The van der Waals surface area contributed by atoms with Crippen molar-refractivity contribution >= 4 is 45.0 Å². The van der Waals surface area contributed by atoms with Gasteiger partial charge >= 0.3 is 6.09 Å². The van der Waals surface area contributed by atoms with Crippen molar-refractivity contribution in [1.29, 1.82) is 0 Å². The highest BCUT2D eigenvalue weighted by atomic mass is 19.1. The minimum atomic E-state index is -0.818. The lowest BCUT2D eigenvalue weighted by Crippen LogP contribution is -2.14. The Balaban J connectivity index is 1.31. The number of hydrogen-bond acceptors (Lipinski definition) is 5. The Morgan fingerprint density at radius 2 is 1.54 bits per heavy atom. The Hall–Kier alpha value is -4.72. The number of amides is 1. The zero-order valence-corrected chi connectivity index (χ0v) is 20.2. The highest BCUT2D eigenvalue weighted by Gasteiger charge is 2.11. The van der Waals surface area contributed by atoms with Gasteiger partial charge in [0, 0.05) is 22.5 Å². The maximum atomic E-state index is 13.3. The number of anilines is 3. The fourth-order valence-electron chi connectivity index (χ4n) is 4.09. The maximum Gasteiger partial charge on any atom is 0.411 e. The first-order chi connectivity index (χ1) is 17.9. The number of hydrazine groups is 1. The molecular weight excluding hydrogens is 474 g/mol. The van der Waals surface area contributed by atoms with Gasteiger partial charge in [0.2, 0.25) is 0 Å². The van der Waals surface area contributed by atoms with Crippen LogP contribution in [-0.2, 0) is 11.3 Å². The van der Waals surface area contributed by atoms with E-state index in [1.54, 1.807) is 0 Å². The van der Waals surface area contributed by atoms with Crippen LogP contribution in [-0.4, -0.2) is 11.1 Å². The molecule has 5 rings (SSSR count). The van der Waals surface area contributed by atoms with E-state index in [0.717, 1.165) is 56.9 Å². The number of carbonyl (C=O) groups is 1. The quantitative estimate of drug-likeness (QED) is 0.167. The number of pyridine rings is 1. The highest BCUT2D eigenvalue weighted by molar-refractivity contribution is 6.08. The molecule has 3 N–H and O–H groups in total. The Bertz CT molecular complexity index is 1620. The van der Waals surface area contributed by atoms with Gasteiger partial charge in [-0.3, -0.25) is 10.7 Å². The molecule has 0 aliphatic rings. The number of fused-ring (bicyclic) bond motifs is 2. The van der Waals surface area contributed by atoms with Gasteiger partial charge in [-0.25, -0.2) is 18.6 Å². The first-order valence-electron chi connectivity index (χ1n) is 11.7. The third kappa shape index (κ3) is 5.43. The zero-order chi connectivity index (χ0) is 25.9. The van der Waals surface area contributed by atoms with Crippen molar-refractivity contribution in [2.45, 2.75) is 20.5 Å². The molecule has 0 bridgehead atoms. The maximum absolute atomic E-state index is 13.3. The first kappa shape index (κ1) is 24.0.